The third kappa shape index (κ3) is 3.10. The minimum absolute atomic E-state index is 0.0295. The van der Waals surface area contributed by atoms with E-state index in [4.69, 9.17) is 4.74 Å². The Morgan fingerprint density at radius 3 is 2.88 bits per heavy atom. The van der Waals surface area contributed by atoms with Gasteiger partial charge in [0.1, 0.15) is 12.4 Å². The molecule has 6 nitrogen and oxygen atoms in total. The van der Waals surface area contributed by atoms with Crippen molar-refractivity contribution in [3.63, 3.8) is 0 Å². The highest BCUT2D eigenvalue weighted by molar-refractivity contribution is 5.85. The number of nitrogens with zero attached hydrogens (tertiary/aromatic N) is 3. The molecule has 126 valence electrons. The maximum atomic E-state index is 10.3. The van der Waals surface area contributed by atoms with Gasteiger partial charge >= 0.3 is 0 Å². The molecule has 6 heteroatoms. The largest absolute Gasteiger partial charge is 0.493 e. The second-order valence-electron chi connectivity index (χ2n) is 6.04. The van der Waals surface area contributed by atoms with Crippen LogP contribution in [0.15, 0.2) is 47.6 Å². The molecule has 1 aliphatic heterocycles. The summed E-state index contributed by atoms with van der Waals surface area (Å²) in [6, 6.07) is 13.6. The fourth-order valence-electron chi connectivity index (χ4n) is 2.88. The molecule has 0 spiro atoms. The minimum atomic E-state index is -0.0295. The SMILES string of the molecule is Cc1ccccc1OCc1nc(O)c2cc(C3C=NNC3)ccc2n1. The fraction of sp³-hybridized carbons (Fsp3) is 0.211. The molecule has 3 aromatic rings. The Labute approximate surface area is 145 Å². The van der Waals surface area contributed by atoms with Crippen molar-refractivity contribution in [2.45, 2.75) is 19.4 Å². The van der Waals surface area contributed by atoms with Gasteiger partial charge in [0.05, 0.1) is 10.9 Å². The van der Waals surface area contributed by atoms with Gasteiger partial charge in [0.25, 0.3) is 0 Å². The van der Waals surface area contributed by atoms with E-state index in [9.17, 15) is 5.11 Å². The topological polar surface area (TPSA) is 79.6 Å². The van der Waals surface area contributed by atoms with E-state index in [1.165, 1.54) is 0 Å². The van der Waals surface area contributed by atoms with E-state index in [-0.39, 0.29) is 18.4 Å². The number of para-hydroxylation sites is 1. The Morgan fingerprint density at radius 1 is 1.20 bits per heavy atom. The zero-order valence-electron chi connectivity index (χ0n) is 13.8. The lowest BCUT2D eigenvalue weighted by Crippen LogP contribution is -2.08. The zero-order valence-corrected chi connectivity index (χ0v) is 13.8. The molecule has 0 bridgehead atoms. The molecule has 0 aliphatic carbocycles. The summed E-state index contributed by atoms with van der Waals surface area (Å²) in [5.41, 5.74) is 5.75. The second-order valence-corrected chi connectivity index (χ2v) is 6.04. The first-order chi connectivity index (χ1) is 12.2. The van der Waals surface area contributed by atoms with Crippen LogP contribution in [-0.2, 0) is 6.61 Å². The Balaban J connectivity index is 1.60. The highest BCUT2D eigenvalue weighted by atomic mass is 16.5. The van der Waals surface area contributed by atoms with Gasteiger partial charge in [-0.05, 0) is 36.2 Å². The van der Waals surface area contributed by atoms with Crippen LogP contribution >= 0.6 is 0 Å². The first-order valence-corrected chi connectivity index (χ1v) is 8.15. The number of fused-ring (bicyclic) bond motifs is 1. The number of benzene rings is 2. The highest BCUT2D eigenvalue weighted by Crippen LogP contribution is 2.27. The molecule has 1 aliphatic rings. The molecule has 0 fully saturated rings. The van der Waals surface area contributed by atoms with Crippen molar-refractivity contribution in [2.75, 3.05) is 6.54 Å². The Bertz CT molecular complexity index is 955. The van der Waals surface area contributed by atoms with Gasteiger partial charge in [-0.15, -0.1) is 0 Å². The van der Waals surface area contributed by atoms with Crippen molar-refractivity contribution in [1.82, 2.24) is 15.4 Å². The van der Waals surface area contributed by atoms with E-state index in [1.54, 1.807) is 0 Å². The van der Waals surface area contributed by atoms with Gasteiger partial charge < -0.3 is 15.3 Å². The average Bonchev–Trinajstić information content (AvgIpc) is 3.15. The molecule has 25 heavy (non-hydrogen) atoms. The third-order valence-electron chi connectivity index (χ3n) is 4.28. The molecule has 1 aromatic heterocycles. The first-order valence-electron chi connectivity index (χ1n) is 8.15. The number of hydrazone groups is 1. The van der Waals surface area contributed by atoms with E-state index in [2.05, 4.69) is 20.5 Å². The number of aryl methyl sites for hydroxylation is 1. The molecule has 0 saturated heterocycles. The third-order valence-corrected chi connectivity index (χ3v) is 4.28. The van der Waals surface area contributed by atoms with Crippen LogP contribution in [0.5, 0.6) is 11.6 Å². The van der Waals surface area contributed by atoms with Gasteiger partial charge in [0.2, 0.25) is 5.88 Å². The summed E-state index contributed by atoms with van der Waals surface area (Å²) < 4.78 is 5.77. The van der Waals surface area contributed by atoms with E-state index in [0.29, 0.717) is 16.7 Å². The predicted octanol–water partition coefficient (Wildman–Crippen LogP) is 2.90. The van der Waals surface area contributed by atoms with Gasteiger partial charge in [-0.2, -0.15) is 10.1 Å². The number of rotatable bonds is 4. The first kappa shape index (κ1) is 15.4. The summed E-state index contributed by atoms with van der Waals surface area (Å²) in [6.45, 7) is 2.95. The van der Waals surface area contributed by atoms with Gasteiger partial charge in [-0.1, -0.05) is 24.3 Å². The molecule has 4 rings (SSSR count). The van der Waals surface area contributed by atoms with Gasteiger partial charge in [-0.25, -0.2) is 4.98 Å². The maximum Gasteiger partial charge on any atom is 0.222 e. The molecular weight excluding hydrogens is 316 g/mol. The standard InChI is InChI=1S/C19H18N4O2/c1-12-4-2-3-5-17(12)25-11-18-22-16-7-6-13(14-9-20-21-10-14)8-15(16)19(24)23-18/h2-9,14,21H,10-11H2,1H3,(H,22,23,24). The van der Waals surface area contributed by atoms with Crippen molar-refractivity contribution >= 4 is 17.1 Å². The number of aromatic nitrogens is 2. The second kappa shape index (κ2) is 6.39. The average molecular weight is 334 g/mol. The Kier molecular flexibility index (Phi) is 3.93. The number of nitrogens with one attached hydrogen (secondary N) is 1. The molecule has 2 N–H and O–H groups in total. The van der Waals surface area contributed by atoms with Crippen molar-refractivity contribution in [3.8, 4) is 11.6 Å². The molecule has 1 atom stereocenters. The summed E-state index contributed by atoms with van der Waals surface area (Å²) in [7, 11) is 0. The Morgan fingerprint density at radius 2 is 2.08 bits per heavy atom. The van der Waals surface area contributed by atoms with Crippen LogP contribution in [0.1, 0.15) is 22.9 Å². The number of hydrogen-bond acceptors (Lipinski definition) is 6. The normalized spacial score (nSPS) is 16.1. The van der Waals surface area contributed by atoms with E-state index < -0.39 is 0 Å². The van der Waals surface area contributed by atoms with Crippen molar-refractivity contribution in [2.24, 2.45) is 5.10 Å². The lowest BCUT2D eigenvalue weighted by atomic mass is 9.99. The van der Waals surface area contributed by atoms with Crippen LogP contribution in [0.2, 0.25) is 0 Å². The smallest absolute Gasteiger partial charge is 0.222 e. The molecule has 2 aromatic carbocycles. The van der Waals surface area contributed by atoms with E-state index >= 15 is 0 Å². The number of aromatic hydroxyl groups is 1. The molecule has 1 unspecified atom stereocenters. The molecular formula is C19H18N4O2. The summed E-state index contributed by atoms with van der Waals surface area (Å²) in [5, 5.41) is 15.0. The fourth-order valence-corrected chi connectivity index (χ4v) is 2.88. The highest BCUT2D eigenvalue weighted by Gasteiger charge is 2.15. The number of hydrogen-bond donors (Lipinski definition) is 2. The van der Waals surface area contributed by atoms with Crippen molar-refractivity contribution in [3.05, 3.63) is 59.4 Å². The van der Waals surface area contributed by atoms with Crippen molar-refractivity contribution < 1.29 is 9.84 Å². The summed E-state index contributed by atoms with van der Waals surface area (Å²) in [6.07, 6.45) is 1.86. The zero-order chi connectivity index (χ0) is 17.2. The monoisotopic (exact) mass is 334 g/mol. The van der Waals surface area contributed by atoms with E-state index in [0.717, 1.165) is 23.4 Å². The number of ether oxygens (including phenoxy) is 1. The van der Waals surface area contributed by atoms with Crippen LogP contribution in [0.3, 0.4) is 0 Å². The van der Waals surface area contributed by atoms with Crippen LogP contribution in [0.4, 0.5) is 0 Å². The predicted molar refractivity (Wildman–Crippen MR) is 95.9 cm³/mol. The maximum absolute atomic E-state index is 10.3. The lowest BCUT2D eigenvalue weighted by Gasteiger charge is -2.11. The van der Waals surface area contributed by atoms with Crippen LogP contribution in [-0.4, -0.2) is 27.8 Å². The lowest BCUT2D eigenvalue weighted by molar-refractivity contribution is 0.292. The molecule has 0 saturated carbocycles. The molecule has 0 radical (unpaired) electrons. The minimum Gasteiger partial charge on any atom is -0.493 e. The van der Waals surface area contributed by atoms with Crippen LogP contribution < -0.4 is 10.2 Å². The van der Waals surface area contributed by atoms with Crippen molar-refractivity contribution in [1.29, 1.82) is 0 Å². The van der Waals surface area contributed by atoms with Crippen LogP contribution in [0, 0.1) is 6.92 Å². The summed E-state index contributed by atoms with van der Waals surface area (Å²) in [5.74, 6) is 1.41. The van der Waals surface area contributed by atoms with E-state index in [1.807, 2.05) is 55.6 Å². The molecule has 0 amide bonds. The summed E-state index contributed by atoms with van der Waals surface area (Å²) >= 11 is 0. The van der Waals surface area contributed by atoms with Gasteiger partial charge in [0, 0.05) is 18.7 Å². The van der Waals surface area contributed by atoms with Gasteiger partial charge in [-0.3, -0.25) is 0 Å². The molecule has 2 heterocycles. The summed E-state index contributed by atoms with van der Waals surface area (Å²) in [4.78, 5) is 8.69. The quantitative estimate of drug-likeness (QED) is 0.767. The van der Waals surface area contributed by atoms with Crippen LogP contribution in [0.25, 0.3) is 10.9 Å². The van der Waals surface area contributed by atoms with Gasteiger partial charge in [0.15, 0.2) is 5.82 Å². The Hall–Kier alpha value is -3.15.